The number of H-pyrrole nitrogens is 1. The summed E-state index contributed by atoms with van der Waals surface area (Å²) in [6, 6.07) is 9.76. The minimum atomic E-state index is 0.520. The molecule has 0 fully saturated rings. The molecule has 1 aromatic carbocycles. The van der Waals surface area contributed by atoms with E-state index in [0.717, 1.165) is 23.1 Å². The Balaban J connectivity index is 2.32. The van der Waals surface area contributed by atoms with E-state index in [-0.39, 0.29) is 0 Å². The van der Waals surface area contributed by atoms with Crippen molar-refractivity contribution in [1.29, 1.82) is 0 Å². The highest BCUT2D eigenvalue weighted by molar-refractivity contribution is 5.90. The molecule has 0 atom stereocenters. The SMILES string of the molecule is CCc1[nH]c2c(c(N)nc(=Nc3ccccc3)n2C)c1C. The summed E-state index contributed by atoms with van der Waals surface area (Å²) in [6.07, 6.45) is 0.936. The van der Waals surface area contributed by atoms with Crippen LogP contribution >= 0.6 is 0 Å². The molecule has 0 aliphatic rings. The standard InChI is InChI=1S/C16H19N5/c1-4-12-10(2)13-14(17)20-16(21(3)15(13)19-12)18-11-8-6-5-7-9-11/h5-9,19H,4H2,1-3H3,(H2,17,18,20). The molecule has 0 radical (unpaired) electrons. The number of aromatic nitrogens is 3. The van der Waals surface area contributed by atoms with E-state index in [4.69, 9.17) is 5.73 Å². The van der Waals surface area contributed by atoms with Gasteiger partial charge < -0.3 is 10.7 Å². The fourth-order valence-electron chi connectivity index (χ4n) is 2.60. The van der Waals surface area contributed by atoms with E-state index in [0.29, 0.717) is 11.4 Å². The van der Waals surface area contributed by atoms with E-state index in [1.807, 2.05) is 41.9 Å². The van der Waals surface area contributed by atoms with E-state index in [1.54, 1.807) is 0 Å². The van der Waals surface area contributed by atoms with Gasteiger partial charge in [0.2, 0.25) is 5.62 Å². The maximum Gasteiger partial charge on any atom is 0.233 e. The fourth-order valence-corrected chi connectivity index (χ4v) is 2.60. The van der Waals surface area contributed by atoms with Gasteiger partial charge in [-0.1, -0.05) is 25.1 Å². The third-order valence-corrected chi connectivity index (χ3v) is 3.78. The molecule has 5 nitrogen and oxygen atoms in total. The molecule has 3 rings (SSSR count). The lowest BCUT2D eigenvalue weighted by atomic mass is 10.2. The Kier molecular flexibility index (Phi) is 3.25. The molecule has 3 N–H and O–H groups in total. The van der Waals surface area contributed by atoms with Crippen molar-refractivity contribution in [3.05, 3.63) is 47.2 Å². The number of nitrogens with zero attached hydrogens (tertiary/aromatic N) is 3. The average molecular weight is 281 g/mol. The monoisotopic (exact) mass is 281 g/mol. The first kappa shape index (κ1) is 13.4. The topological polar surface area (TPSA) is 72.0 Å². The van der Waals surface area contributed by atoms with Gasteiger partial charge in [-0.05, 0) is 31.0 Å². The number of hydrogen-bond acceptors (Lipinski definition) is 3. The van der Waals surface area contributed by atoms with E-state index in [9.17, 15) is 0 Å². The zero-order valence-electron chi connectivity index (χ0n) is 12.5. The molecule has 3 aromatic rings. The molecular weight excluding hydrogens is 262 g/mol. The molecule has 0 unspecified atom stereocenters. The Bertz CT molecular complexity index is 856. The van der Waals surface area contributed by atoms with E-state index in [1.165, 1.54) is 11.3 Å². The Morgan fingerprint density at radius 2 is 2.00 bits per heavy atom. The minimum Gasteiger partial charge on any atom is -0.383 e. The third-order valence-electron chi connectivity index (χ3n) is 3.78. The van der Waals surface area contributed by atoms with Crippen LogP contribution in [0.3, 0.4) is 0 Å². The van der Waals surface area contributed by atoms with Crippen LogP contribution in [-0.4, -0.2) is 14.5 Å². The van der Waals surface area contributed by atoms with Crippen LogP contribution in [0.1, 0.15) is 18.2 Å². The molecule has 5 heteroatoms. The van der Waals surface area contributed by atoms with Crippen LogP contribution in [0.2, 0.25) is 0 Å². The second kappa shape index (κ2) is 5.09. The summed E-state index contributed by atoms with van der Waals surface area (Å²) >= 11 is 0. The molecule has 0 aliphatic heterocycles. The zero-order valence-corrected chi connectivity index (χ0v) is 12.5. The number of nitrogens with one attached hydrogen (secondary N) is 1. The summed E-state index contributed by atoms with van der Waals surface area (Å²) in [4.78, 5) is 12.5. The molecule has 0 aliphatic carbocycles. The highest BCUT2D eigenvalue weighted by Gasteiger charge is 2.13. The van der Waals surface area contributed by atoms with Crippen molar-refractivity contribution < 1.29 is 0 Å². The zero-order chi connectivity index (χ0) is 15.0. The van der Waals surface area contributed by atoms with Crippen LogP contribution in [0.4, 0.5) is 11.5 Å². The van der Waals surface area contributed by atoms with Crippen LogP contribution in [0, 0.1) is 6.92 Å². The van der Waals surface area contributed by atoms with E-state index >= 15 is 0 Å². The molecule has 21 heavy (non-hydrogen) atoms. The lowest BCUT2D eigenvalue weighted by Gasteiger charge is -2.05. The van der Waals surface area contributed by atoms with Crippen LogP contribution in [-0.2, 0) is 13.5 Å². The van der Waals surface area contributed by atoms with Gasteiger partial charge in [0.1, 0.15) is 11.5 Å². The molecule has 108 valence electrons. The van der Waals surface area contributed by atoms with Gasteiger partial charge in [-0.2, -0.15) is 4.98 Å². The number of aryl methyl sites for hydroxylation is 3. The second-order valence-electron chi connectivity index (χ2n) is 5.11. The maximum absolute atomic E-state index is 6.14. The molecule has 0 amide bonds. The minimum absolute atomic E-state index is 0.520. The maximum atomic E-state index is 6.14. The summed E-state index contributed by atoms with van der Waals surface area (Å²) in [5.74, 6) is 0.520. The van der Waals surface area contributed by atoms with Gasteiger partial charge in [-0.15, -0.1) is 0 Å². The highest BCUT2D eigenvalue weighted by Crippen LogP contribution is 2.24. The summed E-state index contributed by atoms with van der Waals surface area (Å²) in [6.45, 7) is 4.19. The van der Waals surface area contributed by atoms with Crippen molar-refractivity contribution in [2.45, 2.75) is 20.3 Å². The molecule has 0 saturated heterocycles. The van der Waals surface area contributed by atoms with Gasteiger partial charge in [0.05, 0.1) is 11.1 Å². The quantitative estimate of drug-likeness (QED) is 0.758. The van der Waals surface area contributed by atoms with Crippen molar-refractivity contribution in [2.75, 3.05) is 5.73 Å². The van der Waals surface area contributed by atoms with Gasteiger partial charge in [-0.25, -0.2) is 4.99 Å². The Morgan fingerprint density at radius 1 is 1.29 bits per heavy atom. The molecular formula is C16H19N5. The molecule has 2 aromatic heterocycles. The Labute approximate surface area is 123 Å². The number of anilines is 1. The second-order valence-corrected chi connectivity index (χ2v) is 5.11. The average Bonchev–Trinajstić information content (AvgIpc) is 2.83. The summed E-state index contributed by atoms with van der Waals surface area (Å²) in [5, 5.41) is 0.987. The lowest BCUT2D eigenvalue weighted by Crippen LogP contribution is -2.23. The molecule has 2 heterocycles. The summed E-state index contributed by atoms with van der Waals surface area (Å²) in [5.41, 5.74) is 10.9. The summed E-state index contributed by atoms with van der Waals surface area (Å²) < 4.78 is 1.95. The van der Waals surface area contributed by atoms with Crippen molar-refractivity contribution in [1.82, 2.24) is 14.5 Å². The van der Waals surface area contributed by atoms with Gasteiger partial charge in [0, 0.05) is 12.7 Å². The number of benzene rings is 1. The van der Waals surface area contributed by atoms with Gasteiger partial charge >= 0.3 is 0 Å². The number of nitrogen functional groups attached to an aromatic ring is 1. The van der Waals surface area contributed by atoms with Gasteiger partial charge in [-0.3, -0.25) is 4.57 Å². The van der Waals surface area contributed by atoms with Crippen LogP contribution in [0.25, 0.3) is 11.0 Å². The molecule has 0 saturated carbocycles. The fraction of sp³-hybridized carbons (Fsp3) is 0.250. The first-order valence-corrected chi connectivity index (χ1v) is 7.05. The number of aromatic amines is 1. The van der Waals surface area contributed by atoms with Gasteiger partial charge in [0.25, 0.3) is 0 Å². The number of rotatable bonds is 2. The predicted molar refractivity (Wildman–Crippen MR) is 85.3 cm³/mol. The number of para-hydroxylation sites is 1. The van der Waals surface area contributed by atoms with Crippen molar-refractivity contribution in [3.8, 4) is 0 Å². The predicted octanol–water partition coefficient (Wildman–Crippen LogP) is 2.59. The van der Waals surface area contributed by atoms with Crippen molar-refractivity contribution in [3.63, 3.8) is 0 Å². The Hall–Kier alpha value is -2.56. The van der Waals surface area contributed by atoms with E-state index < -0.39 is 0 Å². The van der Waals surface area contributed by atoms with Crippen LogP contribution in [0.5, 0.6) is 0 Å². The number of hydrogen-bond donors (Lipinski definition) is 2. The lowest BCUT2D eigenvalue weighted by molar-refractivity contribution is 0.812. The number of nitrogens with two attached hydrogens (primary N) is 1. The van der Waals surface area contributed by atoms with Crippen LogP contribution < -0.4 is 11.4 Å². The number of fused-ring (bicyclic) bond motifs is 1. The van der Waals surface area contributed by atoms with Crippen molar-refractivity contribution in [2.24, 2.45) is 12.0 Å². The van der Waals surface area contributed by atoms with E-state index in [2.05, 4.69) is 28.8 Å². The summed E-state index contributed by atoms with van der Waals surface area (Å²) in [7, 11) is 1.95. The highest BCUT2D eigenvalue weighted by atomic mass is 15.1. The normalized spacial score (nSPS) is 12.2. The smallest absolute Gasteiger partial charge is 0.233 e. The molecule has 0 spiro atoms. The Morgan fingerprint density at radius 3 is 2.67 bits per heavy atom. The van der Waals surface area contributed by atoms with Gasteiger partial charge in [0.15, 0.2) is 0 Å². The van der Waals surface area contributed by atoms with Crippen LogP contribution in [0.15, 0.2) is 35.3 Å². The molecule has 0 bridgehead atoms. The third kappa shape index (κ3) is 2.20. The first-order chi connectivity index (χ1) is 10.1. The largest absolute Gasteiger partial charge is 0.383 e. The first-order valence-electron chi connectivity index (χ1n) is 7.05. The van der Waals surface area contributed by atoms with Crippen molar-refractivity contribution >= 4 is 22.5 Å².